The van der Waals surface area contributed by atoms with Gasteiger partial charge in [-0.1, -0.05) is 12.1 Å². The highest BCUT2D eigenvalue weighted by molar-refractivity contribution is 7.89. The van der Waals surface area contributed by atoms with Crippen molar-refractivity contribution in [1.29, 1.82) is 5.26 Å². The molecule has 174 valence electrons. The van der Waals surface area contributed by atoms with Gasteiger partial charge in [-0.15, -0.1) is 11.3 Å². The number of nitrogens with zero attached hydrogens (tertiary/aromatic N) is 2. The summed E-state index contributed by atoms with van der Waals surface area (Å²) in [4.78, 5) is 16.1. The van der Waals surface area contributed by atoms with Crippen LogP contribution in [0.25, 0.3) is 0 Å². The third-order valence-corrected chi connectivity index (χ3v) is 9.12. The fraction of sp³-hybridized carbons (Fsp3) is 0.455. The van der Waals surface area contributed by atoms with Crippen molar-refractivity contribution in [3.63, 3.8) is 0 Å². The van der Waals surface area contributed by atoms with E-state index in [0.29, 0.717) is 34.8 Å². The monoisotopic (exact) mass is 492 g/mol. The van der Waals surface area contributed by atoms with Crippen LogP contribution in [0.4, 0.5) is 13.8 Å². The molecule has 11 heteroatoms. The zero-order chi connectivity index (χ0) is 23.4. The zero-order valence-corrected chi connectivity index (χ0v) is 19.3. The largest absolute Gasteiger partial charge is 0.316 e. The Morgan fingerprint density at radius 3 is 2.88 bits per heavy atom. The van der Waals surface area contributed by atoms with E-state index in [4.69, 9.17) is 0 Å². The topological polar surface area (TPSA) is 102 Å². The van der Waals surface area contributed by atoms with Crippen LogP contribution in [0.3, 0.4) is 0 Å². The van der Waals surface area contributed by atoms with Crippen LogP contribution in [-0.2, 0) is 40.7 Å². The first-order chi connectivity index (χ1) is 15.6. The minimum atomic E-state index is -3.45. The summed E-state index contributed by atoms with van der Waals surface area (Å²) in [6.45, 7) is 2.08. The molecule has 3 heterocycles. The van der Waals surface area contributed by atoms with Gasteiger partial charge in [0, 0.05) is 49.5 Å². The SMILES string of the molecule is N#Cc1c(NC(=O)Cc2ccc3c(c2)CNS3(=O)=O)sc2c1CN(CC1CC(F)(F)C1)CC2. The van der Waals surface area contributed by atoms with Gasteiger partial charge >= 0.3 is 0 Å². The molecule has 1 amide bonds. The molecular weight excluding hydrogens is 470 g/mol. The van der Waals surface area contributed by atoms with Crippen LogP contribution < -0.4 is 10.0 Å². The fourth-order valence-electron chi connectivity index (χ4n) is 4.83. The average Bonchev–Trinajstić information content (AvgIpc) is 3.22. The zero-order valence-electron chi connectivity index (χ0n) is 17.7. The minimum absolute atomic E-state index is 0.0117. The molecule has 0 atom stereocenters. The number of nitrogens with one attached hydrogen (secondary N) is 2. The maximum atomic E-state index is 13.2. The van der Waals surface area contributed by atoms with Gasteiger partial charge in [0.05, 0.1) is 16.9 Å². The molecule has 1 aromatic heterocycles. The Bertz CT molecular complexity index is 1280. The normalized spacial score (nSPS) is 21.0. The van der Waals surface area contributed by atoms with E-state index in [0.717, 1.165) is 23.4 Å². The number of benzene rings is 1. The number of thiophene rings is 1. The fourth-order valence-corrected chi connectivity index (χ4v) is 7.22. The summed E-state index contributed by atoms with van der Waals surface area (Å²) in [5, 5.41) is 13.1. The van der Waals surface area contributed by atoms with Crippen molar-refractivity contribution in [3.8, 4) is 6.07 Å². The molecule has 0 radical (unpaired) electrons. The lowest BCUT2D eigenvalue weighted by atomic mass is 9.81. The summed E-state index contributed by atoms with van der Waals surface area (Å²) in [6.07, 6.45) is 0.636. The molecule has 5 rings (SSSR count). The lowest BCUT2D eigenvalue weighted by Crippen LogP contribution is -2.43. The van der Waals surface area contributed by atoms with Crippen LogP contribution in [0.2, 0.25) is 0 Å². The van der Waals surface area contributed by atoms with Gasteiger partial charge in [-0.2, -0.15) is 5.26 Å². The molecular formula is C22H22F2N4O3S2. The number of carbonyl (C=O) groups is 1. The van der Waals surface area contributed by atoms with Gasteiger partial charge in [0.2, 0.25) is 21.9 Å². The molecule has 2 N–H and O–H groups in total. The smallest absolute Gasteiger partial charge is 0.248 e. The number of halogens is 2. The van der Waals surface area contributed by atoms with E-state index in [9.17, 15) is 27.3 Å². The van der Waals surface area contributed by atoms with Crippen LogP contribution in [0.5, 0.6) is 0 Å². The number of hydrogen-bond acceptors (Lipinski definition) is 6. The van der Waals surface area contributed by atoms with E-state index in [-0.39, 0.29) is 42.5 Å². The third kappa shape index (κ3) is 4.40. The van der Waals surface area contributed by atoms with Gasteiger partial charge in [0.25, 0.3) is 0 Å². The van der Waals surface area contributed by atoms with E-state index in [1.165, 1.54) is 17.4 Å². The predicted molar refractivity (Wildman–Crippen MR) is 118 cm³/mol. The summed E-state index contributed by atoms with van der Waals surface area (Å²) < 4.78 is 52.5. The molecule has 0 saturated heterocycles. The molecule has 33 heavy (non-hydrogen) atoms. The van der Waals surface area contributed by atoms with Crippen molar-refractivity contribution in [1.82, 2.24) is 9.62 Å². The molecule has 0 bridgehead atoms. The Kier molecular flexibility index (Phi) is 5.52. The van der Waals surface area contributed by atoms with Gasteiger partial charge in [0.15, 0.2) is 0 Å². The molecule has 2 aromatic rings. The van der Waals surface area contributed by atoms with E-state index >= 15 is 0 Å². The highest BCUT2D eigenvalue weighted by Crippen LogP contribution is 2.44. The lowest BCUT2D eigenvalue weighted by Gasteiger charge is -2.39. The molecule has 1 aliphatic carbocycles. The Labute approximate surface area is 194 Å². The summed E-state index contributed by atoms with van der Waals surface area (Å²) >= 11 is 1.40. The van der Waals surface area contributed by atoms with Gasteiger partial charge in [-0.3, -0.25) is 9.69 Å². The quantitative estimate of drug-likeness (QED) is 0.668. The van der Waals surface area contributed by atoms with Crippen molar-refractivity contribution in [2.24, 2.45) is 5.92 Å². The molecule has 2 aliphatic heterocycles. The number of fused-ring (bicyclic) bond motifs is 2. The number of anilines is 1. The first-order valence-electron chi connectivity index (χ1n) is 10.7. The molecule has 1 saturated carbocycles. The maximum Gasteiger partial charge on any atom is 0.248 e. The van der Waals surface area contributed by atoms with Gasteiger partial charge in [-0.25, -0.2) is 21.9 Å². The van der Waals surface area contributed by atoms with Gasteiger partial charge in [-0.05, 0) is 29.5 Å². The number of alkyl halides is 2. The first kappa shape index (κ1) is 22.4. The number of hydrogen-bond donors (Lipinski definition) is 2. The Morgan fingerprint density at radius 1 is 1.36 bits per heavy atom. The maximum absolute atomic E-state index is 13.2. The molecule has 3 aliphatic rings. The minimum Gasteiger partial charge on any atom is -0.316 e. The average molecular weight is 493 g/mol. The highest BCUT2D eigenvalue weighted by atomic mass is 32.2. The van der Waals surface area contributed by atoms with Crippen LogP contribution in [0.15, 0.2) is 23.1 Å². The van der Waals surface area contributed by atoms with Crippen LogP contribution in [0, 0.1) is 17.2 Å². The van der Waals surface area contributed by atoms with Crippen LogP contribution >= 0.6 is 11.3 Å². The molecule has 1 fully saturated rings. The highest BCUT2D eigenvalue weighted by Gasteiger charge is 2.45. The Morgan fingerprint density at radius 2 is 2.15 bits per heavy atom. The van der Waals surface area contributed by atoms with Crippen molar-refractivity contribution >= 4 is 32.3 Å². The number of sulfonamides is 1. The standard InChI is InChI=1S/C22H22F2N4O3S2/c23-22(24)7-14(8-22)11-28-4-3-18-17(12-28)16(9-25)21(32-18)27-20(29)6-13-1-2-19-15(5-13)10-26-33(19,30)31/h1-2,5,14,26H,3-4,6-8,10-12H2,(H,27,29). The summed E-state index contributed by atoms with van der Waals surface area (Å²) in [5.74, 6) is -2.83. The first-order valence-corrected chi connectivity index (χ1v) is 13.0. The third-order valence-electron chi connectivity index (χ3n) is 6.42. The summed E-state index contributed by atoms with van der Waals surface area (Å²) in [5.41, 5.74) is 2.64. The lowest BCUT2D eigenvalue weighted by molar-refractivity contribution is -0.117. The van der Waals surface area contributed by atoms with Crippen molar-refractivity contribution < 1.29 is 22.0 Å². The second kappa shape index (κ2) is 8.13. The van der Waals surface area contributed by atoms with E-state index in [2.05, 4.69) is 21.0 Å². The number of nitriles is 1. The van der Waals surface area contributed by atoms with E-state index in [1.807, 2.05) is 0 Å². The molecule has 0 spiro atoms. The number of amides is 1. The van der Waals surface area contributed by atoms with Crippen molar-refractivity contribution in [3.05, 3.63) is 45.3 Å². The van der Waals surface area contributed by atoms with Crippen molar-refractivity contribution in [2.45, 2.75) is 49.6 Å². The number of rotatable bonds is 5. The molecule has 7 nitrogen and oxygen atoms in total. The van der Waals surface area contributed by atoms with E-state index in [1.54, 1.807) is 12.1 Å². The Hall–Kier alpha value is -2.39. The summed E-state index contributed by atoms with van der Waals surface area (Å²) in [6, 6.07) is 7.04. The van der Waals surface area contributed by atoms with Crippen LogP contribution in [0.1, 0.15) is 40.0 Å². The Balaban J connectivity index is 1.25. The molecule has 0 unspecified atom stereocenters. The van der Waals surface area contributed by atoms with Crippen molar-refractivity contribution in [2.75, 3.05) is 18.4 Å². The van der Waals surface area contributed by atoms with E-state index < -0.39 is 15.9 Å². The van der Waals surface area contributed by atoms with Crippen LogP contribution in [-0.4, -0.2) is 38.2 Å². The number of carbonyl (C=O) groups excluding carboxylic acids is 1. The second-order valence-corrected chi connectivity index (χ2v) is 11.8. The molecule has 1 aromatic carbocycles. The summed E-state index contributed by atoms with van der Waals surface area (Å²) in [7, 11) is -3.45. The second-order valence-electron chi connectivity index (χ2n) is 8.93. The van der Waals surface area contributed by atoms with Gasteiger partial charge < -0.3 is 5.32 Å². The van der Waals surface area contributed by atoms with Gasteiger partial charge in [0.1, 0.15) is 11.1 Å². The predicted octanol–water partition coefficient (Wildman–Crippen LogP) is 3.00.